The summed E-state index contributed by atoms with van der Waals surface area (Å²) >= 11 is 3.61. The van der Waals surface area contributed by atoms with Crippen LogP contribution in [0, 0.1) is 5.92 Å². The predicted octanol–water partition coefficient (Wildman–Crippen LogP) is 2.66. The first-order valence-corrected chi connectivity index (χ1v) is 7.35. The molecular formula is C12H22BrNO. The Morgan fingerprint density at radius 2 is 2.20 bits per heavy atom. The molecule has 0 spiro atoms. The van der Waals surface area contributed by atoms with Gasteiger partial charge in [0, 0.05) is 24.5 Å². The zero-order valence-corrected chi connectivity index (χ0v) is 11.2. The van der Waals surface area contributed by atoms with E-state index in [9.17, 15) is 0 Å². The summed E-state index contributed by atoms with van der Waals surface area (Å²) in [4.78, 5) is 2.61. The lowest BCUT2D eigenvalue weighted by Gasteiger charge is -2.30. The fourth-order valence-corrected chi connectivity index (χ4v) is 3.62. The number of alkyl halides is 1. The molecule has 2 aliphatic rings. The number of hydrogen-bond acceptors (Lipinski definition) is 2. The van der Waals surface area contributed by atoms with Gasteiger partial charge in [-0.05, 0) is 45.1 Å². The topological polar surface area (TPSA) is 12.5 Å². The standard InChI is InChI=1S/C12H22BrNO/c1-10-11(8-13)5-6-14(10)9-12-4-2-3-7-15-12/h10-12H,2-9H2,1H3. The molecule has 3 atom stereocenters. The minimum Gasteiger partial charge on any atom is -0.377 e. The third-order valence-corrected chi connectivity index (χ3v) is 4.79. The molecule has 0 aromatic rings. The van der Waals surface area contributed by atoms with Gasteiger partial charge in [0.2, 0.25) is 0 Å². The SMILES string of the molecule is CC1C(CBr)CCN1CC1CCCCO1. The number of likely N-dealkylation sites (tertiary alicyclic amines) is 1. The molecule has 88 valence electrons. The molecule has 0 bridgehead atoms. The van der Waals surface area contributed by atoms with Crippen LogP contribution in [0.15, 0.2) is 0 Å². The molecule has 0 aromatic heterocycles. The summed E-state index contributed by atoms with van der Waals surface area (Å²) in [5.41, 5.74) is 0. The van der Waals surface area contributed by atoms with E-state index < -0.39 is 0 Å². The van der Waals surface area contributed by atoms with E-state index in [1.54, 1.807) is 0 Å². The molecule has 2 fully saturated rings. The first-order chi connectivity index (χ1) is 7.31. The highest BCUT2D eigenvalue weighted by molar-refractivity contribution is 9.09. The number of hydrogen-bond donors (Lipinski definition) is 0. The second-order valence-corrected chi connectivity index (χ2v) is 5.57. The Kier molecular flexibility index (Phi) is 4.47. The van der Waals surface area contributed by atoms with Gasteiger partial charge in [-0.25, -0.2) is 0 Å². The molecule has 0 aliphatic carbocycles. The zero-order valence-electron chi connectivity index (χ0n) is 9.62. The fourth-order valence-electron chi connectivity index (χ4n) is 2.75. The van der Waals surface area contributed by atoms with Crippen molar-refractivity contribution < 1.29 is 4.74 Å². The van der Waals surface area contributed by atoms with E-state index in [1.165, 1.54) is 32.2 Å². The third-order valence-electron chi connectivity index (χ3n) is 3.96. The number of rotatable bonds is 3. The van der Waals surface area contributed by atoms with Crippen molar-refractivity contribution >= 4 is 15.9 Å². The van der Waals surface area contributed by atoms with Crippen LogP contribution in [-0.4, -0.2) is 42.1 Å². The number of ether oxygens (including phenoxy) is 1. The second kappa shape index (κ2) is 5.65. The number of halogens is 1. The molecule has 2 aliphatic heterocycles. The van der Waals surface area contributed by atoms with Gasteiger partial charge in [-0.1, -0.05) is 15.9 Å². The van der Waals surface area contributed by atoms with Gasteiger partial charge in [0.15, 0.2) is 0 Å². The summed E-state index contributed by atoms with van der Waals surface area (Å²) in [6.45, 7) is 5.76. The Morgan fingerprint density at radius 3 is 2.80 bits per heavy atom. The quantitative estimate of drug-likeness (QED) is 0.735. The molecule has 0 aromatic carbocycles. The largest absolute Gasteiger partial charge is 0.377 e. The van der Waals surface area contributed by atoms with E-state index in [2.05, 4.69) is 27.8 Å². The summed E-state index contributed by atoms with van der Waals surface area (Å²) in [7, 11) is 0. The molecule has 15 heavy (non-hydrogen) atoms. The van der Waals surface area contributed by atoms with Gasteiger partial charge in [0.1, 0.15) is 0 Å². The van der Waals surface area contributed by atoms with Gasteiger partial charge in [0.25, 0.3) is 0 Å². The van der Waals surface area contributed by atoms with Crippen molar-refractivity contribution in [3.63, 3.8) is 0 Å². The van der Waals surface area contributed by atoms with E-state index >= 15 is 0 Å². The Balaban J connectivity index is 1.79. The van der Waals surface area contributed by atoms with Crippen LogP contribution in [0.4, 0.5) is 0 Å². The molecule has 3 heteroatoms. The van der Waals surface area contributed by atoms with Crippen molar-refractivity contribution in [1.29, 1.82) is 0 Å². The van der Waals surface area contributed by atoms with Crippen molar-refractivity contribution in [3.8, 4) is 0 Å². The summed E-state index contributed by atoms with van der Waals surface area (Å²) in [5, 5.41) is 1.15. The molecule has 3 unspecified atom stereocenters. The van der Waals surface area contributed by atoms with Crippen LogP contribution >= 0.6 is 15.9 Å². The maximum atomic E-state index is 5.80. The Hall–Kier alpha value is 0.400. The summed E-state index contributed by atoms with van der Waals surface area (Å²) in [5.74, 6) is 0.841. The molecule has 2 nitrogen and oxygen atoms in total. The van der Waals surface area contributed by atoms with Crippen LogP contribution in [0.1, 0.15) is 32.6 Å². The molecule has 0 radical (unpaired) electrons. The molecule has 0 saturated carbocycles. The smallest absolute Gasteiger partial charge is 0.0702 e. The van der Waals surface area contributed by atoms with E-state index in [4.69, 9.17) is 4.74 Å². The average molecular weight is 276 g/mol. The summed E-state index contributed by atoms with van der Waals surface area (Å²) < 4.78 is 5.80. The highest BCUT2D eigenvalue weighted by atomic mass is 79.9. The maximum Gasteiger partial charge on any atom is 0.0702 e. The van der Waals surface area contributed by atoms with Crippen molar-refractivity contribution in [1.82, 2.24) is 4.90 Å². The Labute approximate surface area is 101 Å². The summed E-state index contributed by atoms with van der Waals surface area (Å²) in [6, 6.07) is 0.731. The Morgan fingerprint density at radius 1 is 1.33 bits per heavy atom. The summed E-state index contributed by atoms with van der Waals surface area (Å²) in [6.07, 6.45) is 5.74. The van der Waals surface area contributed by atoms with E-state index in [0.29, 0.717) is 6.10 Å². The molecular weight excluding hydrogens is 254 g/mol. The van der Waals surface area contributed by atoms with Gasteiger partial charge in [-0.2, -0.15) is 0 Å². The van der Waals surface area contributed by atoms with Crippen molar-refractivity contribution in [3.05, 3.63) is 0 Å². The lowest BCUT2D eigenvalue weighted by atomic mass is 10.0. The van der Waals surface area contributed by atoms with Crippen molar-refractivity contribution in [2.75, 3.05) is 25.0 Å². The highest BCUT2D eigenvalue weighted by Crippen LogP contribution is 2.27. The van der Waals surface area contributed by atoms with Crippen molar-refractivity contribution in [2.24, 2.45) is 5.92 Å². The van der Waals surface area contributed by atoms with Crippen LogP contribution in [0.3, 0.4) is 0 Å². The van der Waals surface area contributed by atoms with E-state index in [1.807, 2.05) is 0 Å². The predicted molar refractivity (Wildman–Crippen MR) is 66.5 cm³/mol. The molecule has 0 N–H and O–H groups in total. The number of nitrogens with zero attached hydrogens (tertiary/aromatic N) is 1. The van der Waals surface area contributed by atoms with Gasteiger partial charge < -0.3 is 4.74 Å². The maximum absolute atomic E-state index is 5.80. The molecule has 2 saturated heterocycles. The van der Waals surface area contributed by atoms with Gasteiger partial charge in [-0.3, -0.25) is 4.90 Å². The lowest BCUT2D eigenvalue weighted by Crippen LogP contribution is -2.39. The van der Waals surface area contributed by atoms with Crippen molar-refractivity contribution in [2.45, 2.75) is 44.8 Å². The van der Waals surface area contributed by atoms with Gasteiger partial charge >= 0.3 is 0 Å². The highest BCUT2D eigenvalue weighted by Gasteiger charge is 2.31. The minimum atomic E-state index is 0.510. The molecule has 2 rings (SSSR count). The first-order valence-electron chi connectivity index (χ1n) is 6.23. The van der Waals surface area contributed by atoms with Crippen LogP contribution in [0.5, 0.6) is 0 Å². The van der Waals surface area contributed by atoms with Crippen LogP contribution in [-0.2, 0) is 4.74 Å². The normalized spacial score (nSPS) is 38.4. The third kappa shape index (κ3) is 2.95. The fraction of sp³-hybridized carbons (Fsp3) is 1.00. The lowest BCUT2D eigenvalue weighted by molar-refractivity contribution is -0.00785. The first kappa shape index (κ1) is 11.9. The van der Waals surface area contributed by atoms with E-state index in [0.717, 1.165) is 30.4 Å². The average Bonchev–Trinajstić information content (AvgIpc) is 2.62. The second-order valence-electron chi connectivity index (χ2n) is 4.93. The van der Waals surface area contributed by atoms with Crippen LogP contribution in [0.25, 0.3) is 0 Å². The zero-order chi connectivity index (χ0) is 10.7. The van der Waals surface area contributed by atoms with E-state index in [-0.39, 0.29) is 0 Å². The van der Waals surface area contributed by atoms with Gasteiger partial charge in [0.05, 0.1) is 6.10 Å². The van der Waals surface area contributed by atoms with Crippen LogP contribution < -0.4 is 0 Å². The molecule has 0 amide bonds. The van der Waals surface area contributed by atoms with Crippen LogP contribution in [0.2, 0.25) is 0 Å². The Bertz CT molecular complexity index is 194. The van der Waals surface area contributed by atoms with Gasteiger partial charge in [-0.15, -0.1) is 0 Å². The molecule has 2 heterocycles. The monoisotopic (exact) mass is 275 g/mol. The minimum absolute atomic E-state index is 0.510.